The highest BCUT2D eigenvalue weighted by molar-refractivity contribution is 7.90. The van der Waals surface area contributed by atoms with E-state index >= 15 is 0 Å². The average Bonchev–Trinajstić information content (AvgIpc) is 3.00. The van der Waals surface area contributed by atoms with Crippen LogP contribution in [0.1, 0.15) is 74.1 Å². The molecule has 21 heavy (non-hydrogen) atoms. The van der Waals surface area contributed by atoms with Crippen molar-refractivity contribution in [2.45, 2.75) is 97.1 Å². The van der Waals surface area contributed by atoms with Gasteiger partial charge in [0.05, 0.1) is 16.9 Å². The monoisotopic (exact) mass is 319 g/mol. The van der Waals surface area contributed by atoms with Gasteiger partial charge in [0, 0.05) is 6.04 Å². The van der Waals surface area contributed by atoms with Gasteiger partial charge in [-0.15, -0.1) is 0 Å². The molecule has 0 amide bonds. The van der Waals surface area contributed by atoms with Crippen LogP contribution in [0.4, 0.5) is 0 Å². The van der Waals surface area contributed by atoms with Crippen LogP contribution in [-0.4, -0.2) is 40.8 Å². The van der Waals surface area contributed by atoms with Crippen LogP contribution in [0, 0.1) is 5.41 Å². The third-order valence-corrected chi connectivity index (χ3v) is 6.91. The number of sulfonamides is 1. The SMILES string of the molecule is CCCCC[C@@H]1[C@@H]([C@H](O)C(C)(C)C)N1S(=O)(=O)C(C)(C)C. The molecular formula is C16H33NO3S. The molecule has 1 N–H and O–H groups in total. The minimum absolute atomic E-state index is 0.0324. The molecule has 126 valence electrons. The van der Waals surface area contributed by atoms with Crippen molar-refractivity contribution in [3.63, 3.8) is 0 Å². The first-order valence-electron chi connectivity index (χ1n) is 8.07. The summed E-state index contributed by atoms with van der Waals surface area (Å²) >= 11 is 0. The first-order valence-corrected chi connectivity index (χ1v) is 9.51. The Balaban J connectivity index is 2.94. The van der Waals surface area contributed by atoms with Gasteiger partial charge >= 0.3 is 0 Å². The molecule has 1 unspecified atom stereocenters. The van der Waals surface area contributed by atoms with Crippen LogP contribution < -0.4 is 0 Å². The van der Waals surface area contributed by atoms with Crippen molar-refractivity contribution in [2.75, 3.05) is 0 Å². The zero-order valence-electron chi connectivity index (χ0n) is 14.7. The summed E-state index contributed by atoms with van der Waals surface area (Å²) in [4.78, 5) is 0. The minimum atomic E-state index is -3.37. The fourth-order valence-electron chi connectivity index (χ4n) is 2.69. The molecule has 1 fully saturated rings. The van der Waals surface area contributed by atoms with E-state index in [1.54, 1.807) is 25.1 Å². The summed E-state index contributed by atoms with van der Waals surface area (Å²) in [7, 11) is -3.37. The Hall–Kier alpha value is -0.130. The molecule has 0 aromatic carbocycles. The van der Waals surface area contributed by atoms with E-state index in [1.807, 2.05) is 20.8 Å². The van der Waals surface area contributed by atoms with E-state index in [4.69, 9.17) is 0 Å². The summed E-state index contributed by atoms with van der Waals surface area (Å²) in [5.74, 6) is 0. The molecule has 0 aromatic rings. The largest absolute Gasteiger partial charge is 0.391 e. The number of aliphatic hydroxyl groups is 1. The van der Waals surface area contributed by atoms with E-state index in [0.717, 1.165) is 25.7 Å². The van der Waals surface area contributed by atoms with Gasteiger partial charge in [-0.1, -0.05) is 47.0 Å². The first-order chi connectivity index (χ1) is 9.35. The Morgan fingerprint density at radius 2 is 1.62 bits per heavy atom. The van der Waals surface area contributed by atoms with Crippen molar-refractivity contribution >= 4 is 10.0 Å². The molecule has 0 aromatic heterocycles. The molecule has 0 radical (unpaired) electrons. The lowest BCUT2D eigenvalue weighted by Crippen LogP contribution is -2.39. The normalized spacial score (nSPS) is 28.5. The summed E-state index contributed by atoms with van der Waals surface area (Å²) in [6.45, 7) is 13.2. The summed E-state index contributed by atoms with van der Waals surface area (Å²) in [6.07, 6.45) is 3.47. The number of aliphatic hydroxyl groups excluding tert-OH is 1. The van der Waals surface area contributed by atoms with Crippen LogP contribution in [0.25, 0.3) is 0 Å². The maximum Gasteiger partial charge on any atom is 0.219 e. The Labute approximate surface area is 131 Å². The van der Waals surface area contributed by atoms with Crippen molar-refractivity contribution in [1.29, 1.82) is 0 Å². The van der Waals surface area contributed by atoms with Crippen LogP contribution >= 0.6 is 0 Å². The molecular weight excluding hydrogens is 286 g/mol. The summed E-state index contributed by atoms with van der Waals surface area (Å²) in [6, 6.07) is -0.291. The molecule has 0 saturated carbocycles. The van der Waals surface area contributed by atoms with Crippen molar-refractivity contribution in [3.8, 4) is 0 Å². The third-order valence-electron chi connectivity index (χ3n) is 4.29. The van der Waals surface area contributed by atoms with Crippen LogP contribution in [0.2, 0.25) is 0 Å². The smallest absolute Gasteiger partial charge is 0.219 e. The molecule has 0 bridgehead atoms. The van der Waals surface area contributed by atoms with Crippen molar-refractivity contribution in [1.82, 2.24) is 4.31 Å². The molecule has 5 heteroatoms. The average molecular weight is 320 g/mol. The van der Waals surface area contributed by atoms with E-state index in [2.05, 4.69) is 6.92 Å². The van der Waals surface area contributed by atoms with Crippen LogP contribution in [0.15, 0.2) is 0 Å². The summed E-state index contributed by atoms with van der Waals surface area (Å²) in [5, 5.41) is 10.5. The van der Waals surface area contributed by atoms with Gasteiger partial charge in [-0.25, -0.2) is 8.42 Å². The fraction of sp³-hybridized carbons (Fsp3) is 1.00. The van der Waals surface area contributed by atoms with Crippen LogP contribution in [-0.2, 0) is 10.0 Å². The molecule has 0 spiro atoms. The second-order valence-electron chi connectivity index (χ2n) is 8.31. The summed E-state index contributed by atoms with van der Waals surface area (Å²) < 4.78 is 26.2. The number of hydrogen-bond acceptors (Lipinski definition) is 3. The van der Waals surface area contributed by atoms with Gasteiger partial charge in [0.1, 0.15) is 0 Å². The van der Waals surface area contributed by atoms with Gasteiger partial charge in [0.15, 0.2) is 0 Å². The topological polar surface area (TPSA) is 57.4 Å². The molecule has 1 aliphatic heterocycles. The van der Waals surface area contributed by atoms with Gasteiger partial charge < -0.3 is 5.11 Å². The van der Waals surface area contributed by atoms with Crippen molar-refractivity contribution < 1.29 is 13.5 Å². The summed E-state index contributed by atoms with van der Waals surface area (Å²) in [5.41, 5.74) is -0.310. The predicted octanol–water partition coefficient (Wildman–Crippen LogP) is 3.15. The van der Waals surface area contributed by atoms with E-state index in [9.17, 15) is 13.5 Å². The van der Waals surface area contributed by atoms with E-state index in [0.29, 0.717) is 0 Å². The Morgan fingerprint density at radius 1 is 1.10 bits per heavy atom. The zero-order valence-corrected chi connectivity index (χ0v) is 15.5. The Kier molecular flexibility index (Phi) is 5.56. The van der Waals surface area contributed by atoms with Gasteiger partial charge in [-0.3, -0.25) is 0 Å². The van der Waals surface area contributed by atoms with Gasteiger partial charge in [-0.2, -0.15) is 4.31 Å². The van der Waals surface area contributed by atoms with Gasteiger partial charge in [0.25, 0.3) is 0 Å². The lowest BCUT2D eigenvalue weighted by Gasteiger charge is -2.27. The second-order valence-corrected chi connectivity index (χ2v) is 10.9. The quantitative estimate of drug-likeness (QED) is 0.604. The number of hydrogen-bond donors (Lipinski definition) is 1. The zero-order chi connectivity index (χ0) is 16.6. The van der Waals surface area contributed by atoms with Crippen molar-refractivity contribution in [2.24, 2.45) is 5.41 Å². The highest BCUT2D eigenvalue weighted by Gasteiger charge is 2.61. The lowest BCUT2D eigenvalue weighted by atomic mass is 9.86. The van der Waals surface area contributed by atoms with E-state index in [-0.39, 0.29) is 17.5 Å². The Bertz CT molecular complexity index is 445. The van der Waals surface area contributed by atoms with E-state index < -0.39 is 20.9 Å². The second kappa shape index (κ2) is 6.17. The molecule has 1 aliphatic rings. The molecule has 1 heterocycles. The van der Waals surface area contributed by atoms with Gasteiger partial charge in [0.2, 0.25) is 10.0 Å². The molecule has 1 rings (SSSR count). The molecule has 4 nitrogen and oxygen atoms in total. The molecule has 1 saturated heterocycles. The predicted molar refractivity (Wildman–Crippen MR) is 87.7 cm³/mol. The number of nitrogens with zero attached hydrogens (tertiary/aromatic N) is 1. The number of rotatable bonds is 6. The van der Waals surface area contributed by atoms with Crippen LogP contribution in [0.3, 0.4) is 0 Å². The molecule has 0 aliphatic carbocycles. The maximum absolute atomic E-state index is 12.7. The number of unbranched alkanes of at least 4 members (excludes halogenated alkanes) is 2. The highest BCUT2D eigenvalue weighted by atomic mass is 32.2. The van der Waals surface area contributed by atoms with E-state index in [1.165, 1.54) is 0 Å². The molecule has 4 atom stereocenters. The van der Waals surface area contributed by atoms with Crippen molar-refractivity contribution in [3.05, 3.63) is 0 Å². The third kappa shape index (κ3) is 3.99. The van der Waals surface area contributed by atoms with Crippen LogP contribution in [0.5, 0.6) is 0 Å². The highest BCUT2D eigenvalue weighted by Crippen LogP contribution is 2.45. The lowest BCUT2D eigenvalue weighted by molar-refractivity contribution is 0.0551. The standard InChI is InChI=1S/C16H33NO3S/c1-8-9-10-11-12-13(14(18)15(2,3)4)17(12)21(19,20)16(5,6)7/h12-14,18H,8-11H2,1-7H3/t12-,13+,14+,17?/m1/s1. The Morgan fingerprint density at radius 3 is 2.00 bits per heavy atom. The van der Waals surface area contributed by atoms with Gasteiger partial charge in [-0.05, 0) is 32.6 Å². The maximum atomic E-state index is 12.7. The fourth-order valence-corrected chi connectivity index (χ4v) is 4.44. The first kappa shape index (κ1) is 18.9. The minimum Gasteiger partial charge on any atom is -0.391 e.